The monoisotopic (exact) mass is 364 g/mol. The van der Waals surface area contributed by atoms with Crippen molar-refractivity contribution in [1.29, 1.82) is 0 Å². The van der Waals surface area contributed by atoms with Gasteiger partial charge in [-0.05, 0) is 49.4 Å². The molecule has 0 aliphatic carbocycles. The zero-order valence-corrected chi connectivity index (χ0v) is 12.3. The molecule has 0 spiro atoms. The minimum atomic E-state index is -0.638. The molecular formula is C11H13IN2O4. The van der Waals surface area contributed by atoms with Gasteiger partial charge in [0.15, 0.2) is 0 Å². The van der Waals surface area contributed by atoms with E-state index in [-0.39, 0.29) is 5.69 Å². The number of hydrogen-bond acceptors (Lipinski definition) is 4. The summed E-state index contributed by atoms with van der Waals surface area (Å²) in [6.45, 7) is 5.22. The second kappa shape index (κ2) is 5.51. The molecule has 98 valence electrons. The number of nitrogens with zero attached hydrogens (tertiary/aromatic N) is 1. The molecule has 0 fully saturated rings. The lowest BCUT2D eigenvalue weighted by atomic mass is 10.2. The predicted octanol–water partition coefficient (Wildman–Crippen LogP) is 3.55. The Labute approximate surface area is 118 Å². The minimum absolute atomic E-state index is 0.0517. The van der Waals surface area contributed by atoms with Crippen molar-refractivity contribution in [1.82, 2.24) is 0 Å². The number of rotatable bonds is 2. The number of ether oxygens (including phenoxy) is 1. The molecule has 1 aromatic carbocycles. The molecule has 0 saturated heterocycles. The van der Waals surface area contributed by atoms with Gasteiger partial charge in [-0.25, -0.2) is 4.79 Å². The molecule has 0 heterocycles. The Morgan fingerprint density at radius 2 is 2.06 bits per heavy atom. The van der Waals surface area contributed by atoms with Crippen LogP contribution < -0.4 is 5.32 Å². The van der Waals surface area contributed by atoms with Gasteiger partial charge in [-0.15, -0.1) is 0 Å². The zero-order valence-electron chi connectivity index (χ0n) is 10.2. The van der Waals surface area contributed by atoms with Crippen molar-refractivity contribution in [3.63, 3.8) is 0 Å². The molecule has 0 saturated carbocycles. The highest BCUT2D eigenvalue weighted by Crippen LogP contribution is 2.28. The summed E-state index contributed by atoms with van der Waals surface area (Å²) in [7, 11) is 0. The number of carbonyl (C=O) groups is 1. The Hall–Kier alpha value is -1.38. The Kier molecular flexibility index (Phi) is 4.49. The fraction of sp³-hybridized carbons (Fsp3) is 0.364. The van der Waals surface area contributed by atoms with Crippen LogP contribution in [-0.4, -0.2) is 16.6 Å². The van der Waals surface area contributed by atoms with Crippen LogP contribution >= 0.6 is 22.6 Å². The highest BCUT2D eigenvalue weighted by Gasteiger charge is 2.19. The van der Waals surface area contributed by atoms with E-state index in [0.717, 1.165) is 0 Å². The number of halogens is 1. The number of nitro groups is 1. The first-order chi connectivity index (χ1) is 8.20. The van der Waals surface area contributed by atoms with Crippen LogP contribution in [0.2, 0.25) is 0 Å². The molecule has 0 radical (unpaired) electrons. The van der Waals surface area contributed by atoms with Crippen molar-refractivity contribution in [2.45, 2.75) is 26.4 Å². The number of nitrogens with one attached hydrogen (secondary N) is 1. The van der Waals surface area contributed by atoms with Crippen LogP contribution in [0.25, 0.3) is 0 Å². The second-order valence-electron chi connectivity index (χ2n) is 4.52. The molecular weight excluding hydrogens is 351 g/mol. The Morgan fingerprint density at radius 3 is 2.56 bits per heavy atom. The van der Waals surface area contributed by atoms with E-state index in [0.29, 0.717) is 9.26 Å². The van der Waals surface area contributed by atoms with Gasteiger partial charge in [0, 0.05) is 6.07 Å². The van der Waals surface area contributed by atoms with Crippen molar-refractivity contribution in [2.75, 3.05) is 5.32 Å². The molecule has 0 unspecified atom stereocenters. The minimum Gasteiger partial charge on any atom is -0.444 e. The predicted molar refractivity (Wildman–Crippen MR) is 75.7 cm³/mol. The van der Waals surface area contributed by atoms with E-state index in [1.54, 1.807) is 26.8 Å². The van der Waals surface area contributed by atoms with E-state index in [4.69, 9.17) is 4.74 Å². The number of carbonyl (C=O) groups excluding carboxylic acids is 1. The van der Waals surface area contributed by atoms with Gasteiger partial charge in [-0.1, -0.05) is 6.07 Å². The molecule has 6 nitrogen and oxygen atoms in total. The molecule has 0 aliphatic rings. The number of nitro benzene ring substituents is 1. The summed E-state index contributed by atoms with van der Waals surface area (Å²) in [5.74, 6) is 0. The lowest BCUT2D eigenvalue weighted by Crippen LogP contribution is -2.27. The highest BCUT2D eigenvalue weighted by atomic mass is 127. The third-order valence-electron chi connectivity index (χ3n) is 1.81. The normalized spacial score (nSPS) is 10.9. The van der Waals surface area contributed by atoms with Crippen LogP contribution in [0, 0.1) is 13.7 Å². The van der Waals surface area contributed by atoms with E-state index in [2.05, 4.69) is 5.32 Å². The molecule has 1 amide bonds. The van der Waals surface area contributed by atoms with Crippen molar-refractivity contribution in [3.05, 3.63) is 31.9 Å². The summed E-state index contributed by atoms with van der Waals surface area (Å²) in [6.07, 6.45) is -0.638. The van der Waals surface area contributed by atoms with Gasteiger partial charge in [0.1, 0.15) is 9.17 Å². The van der Waals surface area contributed by atoms with Crippen LogP contribution in [0.4, 0.5) is 16.2 Å². The Morgan fingerprint density at radius 1 is 1.44 bits per heavy atom. The standard InChI is InChI=1S/C11H13IN2O4/c1-11(2,3)18-10(15)13-7-5-4-6-8(9(7)12)14(16)17/h4-6H,1-3H3,(H,13,15). The van der Waals surface area contributed by atoms with E-state index < -0.39 is 16.6 Å². The van der Waals surface area contributed by atoms with Crippen LogP contribution in [-0.2, 0) is 4.74 Å². The molecule has 1 N–H and O–H groups in total. The maximum Gasteiger partial charge on any atom is 0.412 e. The molecule has 0 aliphatic heterocycles. The molecule has 0 bridgehead atoms. The van der Waals surface area contributed by atoms with Crippen LogP contribution in [0.15, 0.2) is 18.2 Å². The molecule has 1 aromatic rings. The number of anilines is 1. The summed E-state index contributed by atoms with van der Waals surface area (Å²) >= 11 is 1.81. The third-order valence-corrected chi connectivity index (χ3v) is 2.94. The summed E-state index contributed by atoms with van der Waals surface area (Å²) in [5, 5.41) is 13.2. The van der Waals surface area contributed by atoms with Gasteiger partial charge < -0.3 is 4.74 Å². The van der Waals surface area contributed by atoms with Crippen molar-refractivity contribution in [3.8, 4) is 0 Å². The maximum absolute atomic E-state index is 11.6. The zero-order chi connectivity index (χ0) is 13.9. The maximum atomic E-state index is 11.6. The third kappa shape index (κ3) is 4.13. The molecule has 1 rings (SSSR count). The summed E-state index contributed by atoms with van der Waals surface area (Å²) in [4.78, 5) is 21.8. The Balaban J connectivity index is 2.89. The van der Waals surface area contributed by atoms with E-state index in [9.17, 15) is 14.9 Å². The van der Waals surface area contributed by atoms with Gasteiger partial charge in [-0.3, -0.25) is 15.4 Å². The first-order valence-corrected chi connectivity index (χ1v) is 6.21. The van der Waals surface area contributed by atoms with Gasteiger partial charge >= 0.3 is 6.09 Å². The lowest BCUT2D eigenvalue weighted by Gasteiger charge is -2.19. The summed E-state index contributed by atoms with van der Waals surface area (Å²) in [5.41, 5.74) is -0.306. The van der Waals surface area contributed by atoms with Crippen molar-refractivity contribution < 1.29 is 14.5 Å². The second-order valence-corrected chi connectivity index (χ2v) is 5.60. The molecule has 0 atom stereocenters. The van der Waals surface area contributed by atoms with Crippen LogP contribution in [0.1, 0.15) is 20.8 Å². The average Bonchev–Trinajstić information content (AvgIpc) is 2.17. The van der Waals surface area contributed by atoms with Crippen LogP contribution in [0.3, 0.4) is 0 Å². The van der Waals surface area contributed by atoms with Gasteiger partial charge in [0.25, 0.3) is 5.69 Å². The largest absolute Gasteiger partial charge is 0.444 e. The SMILES string of the molecule is CC(C)(C)OC(=O)Nc1cccc([N+](=O)[O-])c1I. The number of amides is 1. The van der Waals surface area contributed by atoms with Gasteiger partial charge in [0.2, 0.25) is 0 Å². The fourth-order valence-electron chi connectivity index (χ4n) is 1.17. The smallest absolute Gasteiger partial charge is 0.412 e. The molecule has 7 heteroatoms. The number of hydrogen-bond donors (Lipinski definition) is 1. The van der Waals surface area contributed by atoms with Gasteiger partial charge in [0.05, 0.1) is 10.6 Å². The number of benzene rings is 1. The van der Waals surface area contributed by atoms with Crippen molar-refractivity contribution in [2.24, 2.45) is 0 Å². The van der Waals surface area contributed by atoms with Gasteiger partial charge in [-0.2, -0.15) is 0 Å². The topological polar surface area (TPSA) is 81.5 Å². The highest BCUT2D eigenvalue weighted by molar-refractivity contribution is 14.1. The quantitative estimate of drug-likeness (QED) is 0.494. The van der Waals surface area contributed by atoms with Crippen molar-refractivity contribution >= 4 is 40.1 Å². The summed E-state index contributed by atoms with van der Waals surface area (Å²) < 4.78 is 5.44. The fourth-order valence-corrected chi connectivity index (χ4v) is 1.86. The lowest BCUT2D eigenvalue weighted by molar-refractivity contribution is -0.385. The van der Waals surface area contributed by atoms with E-state index in [1.165, 1.54) is 12.1 Å². The van der Waals surface area contributed by atoms with Crippen LogP contribution in [0.5, 0.6) is 0 Å². The Bertz CT molecular complexity index is 482. The first kappa shape index (κ1) is 14.7. The molecule has 0 aromatic heterocycles. The average molecular weight is 364 g/mol. The molecule has 18 heavy (non-hydrogen) atoms. The summed E-state index contributed by atoms with van der Waals surface area (Å²) in [6, 6.07) is 4.47. The van der Waals surface area contributed by atoms with E-state index in [1.807, 2.05) is 22.6 Å². The van der Waals surface area contributed by atoms with E-state index >= 15 is 0 Å². The first-order valence-electron chi connectivity index (χ1n) is 5.13.